The molecule has 0 radical (unpaired) electrons. The van der Waals surface area contributed by atoms with Crippen molar-refractivity contribution in [1.82, 2.24) is 5.32 Å². The third kappa shape index (κ3) is 1.82. The maximum Gasteiger partial charge on any atom is 0.212 e. The van der Waals surface area contributed by atoms with Crippen LogP contribution in [0.2, 0.25) is 0 Å². The van der Waals surface area contributed by atoms with E-state index in [2.05, 4.69) is 21.2 Å². The van der Waals surface area contributed by atoms with Gasteiger partial charge in [0, 0.05) is 5.39 Å². The molecule has 0 aliphatic heterocycles. The smallest absolute Gasteiger partial charge is 0.212 e. The molecule has 78 valence electrons. The summed E-state index contributed by atoms with van der Waals surface area (Å²) in [5.74, 6) is 0.325. The third-order valence-corrected chi connectivity index (χ3v) is 2.91. The zero-order valence-electron chi connectivity index (χ0n) is 8.21. The van der Waals surface area contributed by atoms with E-state index < -0.39 is 0 Å². The molecule has 3 nitrogen and oxygen atoms in total. The zero-order chi connectivity index (χ0) is 10.8. The summed E-state index contributed by atoms with van der Waals surface area (Å²) in [7, 11) is 1.73. The average Bonchev–Trinajstić information content (AvgIpc) is 2.57. The first kappa shape index (κ1) is 10.4. The van der Waals surface area contributed by atoms with Crippen LogP contribution in [0.4, 0.5) is 0 Å². The maximum atomic E-state index is 11.6. The molecule has 1 N–H and O–H groups in total. The highest BCUT2D eigenvalue weighted by molar-refractivity contribution is 9.10. The van der Waals surface area contributed by atoms with Crippen molar-refractivity contribution in [3.8, 4) is 0 Å². The molecule has 2 aromatic rings. The number of fused-ring (bicyclic) bond motifs is 1. The van der Waals surface area contributed by atoms with Crippen LogP contribution in [-0.4, -0.2) is 19.4 Å². The predicted octanol–water partition coefficient (Wildman–Crippen LogP) is 2.60. The number of halogens is 1. The molecule has 0 amide bonds. The average molecular weight is 268 g/mol. The summed E-state index contributed by atoms with van der Waals surface area (Å²) in [4.78, 5) is 11.6. The van der Waals surface area contributed by atoms with Crippen LogP contribution in [0.3, 0.4) is 0 Å². The quantitative estimate of drug-likeness (QED) is 0.870. The van der Waals surface area contributed by atoms with Gasteiger partial charge in [0.25, 0.3) is 0 Å². The Bertz CT molecular complexity index is 504. The van der Waals surface area contributed by atoms with Crippen LogP contribution < -0.4 is 5.32 Å². The minimum absolute atomic E-state index is 0.0550. The van der Waals surface area contributed by atoms with E-state index in [0.717, 1.165) is 15.4 Å². The van der Waals surface area contributed by atoms with Gasteiger partial charge >= 0.3 is 0 Å². The molecule has 0 spiro atoms. The van der Waals surface area contributed by atoms with Crippen LogP contribution in [0.1, 0.15) is 10.6 Å². The van der Waals surface area contributed by atoms with Crippen LogP contribution in [0, 0.1) is 0 Å². The lowest BCUT2D eigenvalue weighted by Crippen LogP contribution is -2.18. The molecule has 0 saturated carbocycles. The molecular weight excluding hydrogens is 258 g/mol. The lowest BCUT2D eigenvalue weighted by atomic mass is 10.2. The van der Waals surface area contributed by atoms with E-state index in [4.69, 9.17) is 4.42 Å². The van der Waals surface area contributed by atoms with Crippen molar-refractivity contribution in [2.24, 2.45) is 0 Å². The maximum absolute atomic E-state index is 11.6. The Labute approximate surface area is 95.6 Å². The first-order valence-electron chi connectivity index (χ1n) is 4.59. The third-order valence-electron chi connectivity index (χ3n) is 2.13. The van der Waals surface area contributed by atoms with Gasteiger partial charge in [-0.15, -0.1) is 0 Å². The molecule has 15 heavy (non-hydrogen) atoms. The van der Waals surface area contributed by atoms with E-state index in [9.17, 15) is 4.79 Å². The minimum Gasteiger partial charge on any atom is -0.452 e. The number of furan rings is 1. The van der Waals surface area contributed by atoms with Gasteiger partial charge in [0.2, 0.25) is 5.78 Å². The molecule has 0 saturated heterocycles. The van der Waals surface area contributed by atoms with Crippen molar-refractivity contribution in [2.75, 3.05) is 13.6 Å². The highest BCUT2D eigenvalue weighted by Gasteiger charge is 2.17. The molecule has 0 atom stereocenters. The Morgan fingerprint density at radius 1 is 1.47 bits per heavy atom. The van der Waals surface area contributed by atoms with Crippen molar-refractivity contribution < 1.29 is 9.21 Å². The number of nitrogens with one attached hydrogen (secondary N) is 1. The molecule has 1 heterocycles. The van der Waals surface area contributed by atoms with Crippen LogP contribution in [0.25, 0.3) is 11.0 Å². The van der Waals surface area contributed by atoms with Crippen molar-refractivity contribution in [3.05, 3.63) is 34.5 Å². The summed E-state index contributed by atoms with van der Waals surface area (Å²) in [5, 5.41) is 3.73. The van der Waals surface area contributed by atoms with Crippen molar-refractivity contribution in [1.29, 1.82) is 0 Å². The number of hydrogen-bond donors (Lipinski definition) is 1. The van der Waals surface area contributed by atoms with Gasteiger partial charge in [-0.05, 0) is 35.1 Å². The van der Waals surface area contributed by atoms with Crippen LogP contribution in [-0.2, 0) is 0 Å². The van der Waals surface area contributed by atoms with Crippen LogP contribution >= 0.6 is 15.9 Å². The van der Waals surface area contributed by atoms with Gasteiger partial charge in [-0.1, -0.05) is 12.1 Å². The van der Waals surface area contributed by atoms with Gasteiger partial charge in [-0.25, -0.2) is 0 Å². The van der Waals surface area contributed by atoms with E-state index in [1.165, 1.54) is 0 Å². The van der Waals surface area contributed by atoms with E-state index >= 15 is 0 Å². The first-order chi connectivity index (χ1) is 7.24. The summed E-state index contributed by atoms with van der Waals surface area (Å²) in [6.07, 6.45) is 0. The number of hydrogen-bond acceptors (Lipinski definition) is 3. The van der Waals surface area contributed by atoms with Crippen LogP contribution in [0.15, 0.2) is 33.2 Å². The summed E-state index contributed by atoms with van der Waals surface area (Å²) in [6, 6.07) is 7.55. The molecule has 1 aromatic heterocycles. The van der Waals surface area contributed by atoms with Crippen molar-refractivity contribution in [2.45, 2.75) is 0 Å². The Kier molecular flexibility index (Phi) is 2.88. The van der Waals surface area contributed by atoms with E-state index in [1.54, 1.807) is 7.05 Å². The monoisotopic (exact) mass is 267 g/mol. The highest BCUT2D eigenvalue weighted by Crippen LogP contribution is 2.30. The van der Waals surface area contributed by atoms with Crippen LogP contribution in [0.5, 0.6) is 0 Å². The van der Waals surface area contributed by atoms with E-state index in [1.807, 2.05) is 24.3 Å². The minimum atomic E-state index is -0.0550. The number of benzene rings is 1. The number of para-hydroxylation sites is 1. The standard InChI is InChI=1S/C11H10BrNO2/c1-13-6-8(14)11-10(12)7-4-2-3-5-9(7)15-11/h2-5,13H,6H2,1H3. The Balaban J connectivity index is 2.53. The van der Waals surface area contributed by atoms with Gasteiger partial charge < -0.3 is 9.73 Å². The summed E-state index contributed by atoms with van der Waals surface area (Å²) in [5.41, 5.74) is 0.726. The van der Waals surface area contributed by atoms with Gasteiger partial charge in [0.1, 0.15) is 5.58 Å². The molecule has 4 heteroatoms. The second-order valence-electron chi connectivity index (χ2n) is 3.19. The van der Waals surface area contributed by atoms with Gasteiger partial charge in [-0.3, -0.25) is 4.79 Å². The molecule has 0 bridgehead atoms. The topological polar surface area (TPSA) is 42.2 Å². The number of rotatable bonds is 3. The fraction of sp³-hybridized carbons (Fsp3) is 0.182. The lowest BCUT2D eigenvalue weighted by molar-refractivity contribution is 0.0968. The van der Waals surface area contributed by atoms with Gasteiger partial charge in [0.05, 0.1) is 11.0 Å². The van der Waals surface area contributed by atoms with E-state index in [-0.39, 0.29) is 12.3 Å². The number of ketones is 1. The Morgan fingerprint density at radius 3 is 2.87 bits per heavy atom. The molecule has 0 aliphatic rings. The second kappa shape index (κ2) is 4.16. The SMILES string of the molecule is CNCC(=O)c1oc2ccccc2c1Br. The molecule has 0 aliphatic carbocycles. The summed E-state index contributed by atoms with van der Waals surface area (Å²) >= 11 is 3.38. The fourth-order valence-electron chi connectivity index (χ4n) is 1.43. The highest BCUT2D eigenvalue weighted by atomic mass is 79.9. The molecule has 0 unspecified atom stereocenters. The summed E-state index contributed by atoms with van der Waals surface area (Å²) in [6.45, 7) is 0.276. The normalized spacial score (nSPS) is 10.8. The number of carbonyl (C=O) groups excluding carboxylic acids is 1. The predicted molar refractivity (Wildman–Crippen MR) is 62.2 cm³/mol. The molecule has 2 rings (SSSR count). The number of carbonyl (C=O) groups is 1. The van der Waals surface area contributed by atoms with E-state index in [0.29, 0.717) is 5.76 Å². The van der Waals surface area contributed by atoms with Crippen molar-refractivity contribution >= 4 is 32.7 Å². The molecule has 0 fully saturated rings. The molecular formula is C11H10BrNO2. The summed E-state index contributed by atoms with van der Waals surface area (Å²) < 4.78 is 6.21. The number of likely N-dealkylation sites (N-methyl/N-ethyl adjacent to an activating group) is 1. The van der Waals surface area contributed by atoms with Gasteiger partial charge in [0.15, 0.2) is 5.76 Å². The Hall–Kier alpha value is -1.13. The Morgan fingerprint density at radius 2 is 2.20 bits per heavy atom. The second-order valence-corrected chi connectivity index (χ2v) is 3.99. The lowest BCUT2D eigenvalue weighted by Gasteiger charge is -1.95. The zero-order valence-corrected chi connectivity index (χ0v) is 9.80. The number of Topliss-reactive ketones (excluding diaryl/α,β-unsaturated/α-hetero) is 1. The fourth-order valence-corrected chi connectivity index (χ4v) is 2.06. The van der Waals surface area contributed by atoms with Crippen molar-refractivity contribution in [3.63, 3.8) is 0 Å². The molecule has 1 aromatic carbocycles. The van der Waals surface area contributed by atoms with Gasteiger partial charge in [-0.2, -0.15) is 0 Å². The first-order valence-corrected chi connectivity index (χ1v) is 5.38. The largest absolute Gasteiger partial charge is 0.452 e.